The Morgan fingerprint density at radius 1 is 1.03 bits per heavy atom. The number of nitrogens with one attached hydrogen (secondary N) is 1. The molecular formula is C23H31N5O3. The molecule has 3 amide bonds. The quantitative estimate of drug-likeness (QED) is 0.791. The van der Waals surface area contributed by atoms with E-state index in [2.05, 4.69) is 26.3 Å². The monoisotopic (exact) mass is 425 g/mol. The molecule has 3 aliphatic rings. The fourth-order valence-electron chi connectivity index (χ4n) is 5.14. The van der Waals surface area contributed by atoms with Crippen LogP contribution in [-0.2, 0) is 4.79 Å². The molecule has 2 aliphatic heterocycles. The minimum atomic E-state index is -0.445. The van der Waals surface area contributed by atoms with Crippen molar-refractivity contribution in [3.8, 4) is 0 Å². The predicted molar refractivity (Wildman–Crippen MR) is 119 cm³/mol. The molecule has 2 saturated heterocycles. The van der Waals surface area contributed by atoms with Crippen LogP contribution in [-0.4, -0.2) is 61.3 Å². The van der Waals surface area contributed by atoms with Crippen LogP contribution in [0.3, 0.4) is 0 Å². The van der Waals surface area contributed by atoms with Crippen LogP contribution in [0.15, 0.2) is 22.7 Å². The van der Waals surface area contributed by atoms with E-state index in [9.17, 15) is 9.59 Å². The maximum atomic E-state index is 12.1. The standard InChI is InChI=1S/C23H31N5O3/c29-21-9-11-28(23(30)24-21)22-19-7-6-18(16-20(19)31-25-22)27-14-12-26(13-15-27)10-8-17-4-2-1-3-5-17/h6-7,16-17H,1-5,8-15H2,(H,24,29,30). The van der Waals surface area contributed by atoms with Gasteiger partial charge >= 0.3 is 6.03 Å². The zero-order chi connectivity index (χ0) is 21.2. The highest BCUT2D eigenvalue weighted by Gasteiger charge is 2.28. The summed E-state index contributed by atoms with van der Waals surface area (Å²) in [7, 11) is 0. The van der Waals surface area contributed by atoms with Crippen molar-refractivity contribution in [2.45, 2.75) is 44.9 Å². The maximum Gasteiger partial charge on any atom is 0.329 e. The number of rotatable bonds is 5. The SMILES string of the molecule is O=C1CCN(c2noc3cc(N4CCN(CCC5CCCCC5)CC4)ccc23)C(=O)N1. The Morgan fingerprint density at radius 2 is 1.84 bits per heavy atom. The molecule has 1 aromatic carbocycles. The van der Waals surface area contributed by atoms with Crippen molar-refractivity contribution in [2.24, 2.45) is 5.92 Å². The molecule has 1 N–H and O–H groups in total. The van der Waals surface area contributed by atoms with Gasteiger partial charge in [0.1, 0.15) is 0 Å². The molecule has 1 aliphatic carbocycles. The number of imide groups is 1. The Morgan fingerprint density at radius 3 is 2.61 bits per heavy atom. The summed E-state index contributed by atoms with van der Waals surface area (Å²) in [5.41, 5.74) is 1.79. The van der Waals surface area contributed by atoms with E-state index in [1.807, 2.05) is 12.1 Å². The zero-order valence-electron chi connectivity index (χ0n) is 18.0. The third-order valence-electron chi connectivity index (χ3n) is 7.06. The van der Waals surface area contributed by atoms with Crippen molar-refractivity contribution in [2.75, 3.05) is 49.1 Å². The number of hydrogen-bond donors (Lipinski definition) is 1. The van der Waals surface area contributed by atoms with Gasteiger partial charge in [-0.3, -0.25) is 19.9 Å². The van der Waals surface area contributed by atoms with E-state index in [0.29, 0.717) is 17.9 Å². The molecule has 3 heterocycles. The van der Waals surface area contributed by atoms with E-state index in [0.717, 1.165) is 43.2 Å². The van der Waals surface area contributed by atoms with Gasteiger partial charge in [-0.15, -0.1) is 0 Å². The average molecular weight is 426 g/mol. The van der Waals surface area contributed by atoms with E-state index < -0.39 is 6.03 Å². The minimum absolute atomic E-state index is 0.255. The van der Waals surface area contributed by atoms with Crippen molar-refractivity contribution in [1.82, 2.24) is 15.4 Å². The molecule has 8 heteroatoms. The van der Waals surface area contributed by atoms with Gasteiger partial charge in [-0.25, -0.2) is 4.79 Å². The summed E-state index contributed by atoms with van der Waals surface area (Å²) in [5, 5.41) is 7.24. The molecule has 166 valence electrons. The number of fused-ring (bicyclic) bond motifs is 1. The van der Waals surface area contributed by atoms with Gasteiger partial charge in [-0.2, -0.15) is 0 Å². The third-order valence-corrected chi connectivity index (χ3v) is 7.06. The molecule has 2 aromatic rings. The number of amides is 3. The van der Waals surface area contributed by atoms with Crippen molar-refractivity contribution in [3.05, 3.63) is 18.2 Å². The summed E-state index contributed by atoms with van der Waals surface area (Å²) in [5.74, 6) is 1.16. The Hall–Kier alpha value is -2.61. The number of benzene rings is 1. The van der Waals surface area contributed by atoms with Gasteiger partial charge in [0.25, 0.3) is 0 Å². The average Bonchev–Trinajstić information content (AvgIpc) is 3.22. The van der Waals surface area contributed by atoms with Crippen LogP contribution in [0.4, 0.5) is 16.3 Å². The smallest absolute Gasteiger partial charge is 0.329 e. The molecule has 31 heavy (non-hydrogen) atoms. The minimum Gasteiger partial charge on any atom is -0.369 e. The van der Waals surface area contributed by atoms with Gasteiger partial charge in [-0.05, 0) is 31.0 Å². The molecule has 1 aromatic heterocycles. The lowest BCUT2D eigenvalue weighted by atomic mass is 9.87. The first-order chi connectivity index (χ1) is 15.2. The number of aromatic nitrogens is 1. The second kappa shape index (κ2) is 8.86. The van der Waals surface area contributed by atoms with E-state index in [1.165, 1.54) is 50.0 Å². The normalized spacial score (nSPS) is 21.7. The van der Waals surface area contributed by atoms with E-state index in [1.54, 1.807) is 0 Å². The fraction of sp³-hybridized carbons (Fsp3) is 0.609. The Kier molecular flexibility index (Phi) is 5.80. The molecule has 1 saturated carbocycles. The number of carbonyl (C=O) groups excluding carboxylic acids is 2. The number of nitrogens with zero attached hydrogens (tertiary/aromatic N) is 4. The Balaban J connectivity index is 1.19. The highest BCUT2D eigenvalue weighted by Crippen LogP contribution is 2.31. The Labute approximate surface area is 182 Å². The summed E-state index contributed by atoms with van der Waals surface area (Å²) < 4.78 is 5.54. The molecule has 0 radical (unpaired) electrons. The topological polar surface area (TPSA) is 81.9 Å². The zero-order valence-corrected chi connectivity index (χ0v) is 18.0. The van der Waals surface area contributed by atoms with Crippen LogP contribution in [0.2, 0.25) is 0 Å². The van der Waals surface area contributed by atoms with Crippen LogP contribution >= 0.6 is 0 Å². The summed E-state index contributed by atoms with van der Waals surface area (Å²) in [6.07, 6.45) is 8.74. The highest BCUT2D eigenvalue weighted by atomic mass is 16.5. The molecule has 5 rings (SSSR count). The molecule has 8 nitrogen and oxygen atoms in total. The molecule has 0 unspecified atom stereocenters. The Bertz CT molecular complexity index is 944. The molecule has 0 atom stereocenters. The van der Waals surface area contributed by atoms with E-state index in [4.69, 9.17) is 4.52 Å². The molecular weight excluding hydrogens is 394 g/mol. The van der Waals surface area contributed by atoms with Gasteiger partial charge in [0.05, 0.1) is 5.39 Å². The van der Waals surface area contributed by atoms with Crippen LogP contribution in [0, 0.1) is 5.92 Å². The summed E-state index contributed by atoms with van der Waals surface area (Å²) >= 11 is 0. The maximum absolute atomic E-state index is 12.1. The summed E-state index contributed by atoms with van der Waals surface area (Å²) in [6.45, 7) is 5.74. The van der Waals surface area contributed by atoms with Gasteiger partial charge in [0.15, 0.2) is 11.4 Å². The van der Waals surface area contributed by atoms with Gasteiger partial charge in [-0.1, -0.05) is 37.3 Å². The predicted octanol–water partition coefficient (Wildman–Crippen LogP) is 3.37. The van der Waals surface area contributed by atoms with Crippen LogP contribution in [0.1, 0.15) is 44.9 Å². The van der Waals surface area contributed by atoms with E-state index in [-0.39, 0.29) is 12.3 Å². The number of urea groups is 1. The largest absolute Gasteiger partial charge is 0.369 e. The first-order valence-electron chi connectivity index (χ1n) is 11.7. The van der Waals surface area contributed by atoms with Gasteiger partial charge in [0, 0.05) is 50.9 Å². The molecule has 0 bridgehead atoms. The lowest BCUT2D eigenvalue weighted by molar-refractivity contribution is -0.120. The van der Waals surface area contributed by atoms with Crippen LogP contribution < -0.4 is 15.1 Å². The summed E-state index contributed by atoms with van der Waals surface area (Å²) in [4.78, 5) is 30.0. The number of carbonyl (C=O) groups is 2. The van der Waals surface area contributed by atoms with Crippen molar-refractivity contribution < 1.29 is 14.1 Å². The lowest BCUT2D eigenvalue weighted by Crippen LogP contribution is -2.49. The fourth-order valence-corrected chi connectivity index (χ4v) is 5.14. The molecule has 3 fully saturated rings. The lowest BCUT2D eigenvalue weighted by Gasteiger charge is -2.37. The van der Waals surface area contributed by atoms with Gasteiger partial charge < -0.3 is 9.42 Å². The second-order valence-electron chi connectivity index (χ2n) is 9.06. The van der Waals surface area contributed by atoms with Crippen molar-refractivity contribution in [3.63, 3.8) is 0 Å². The van der Waals surface area contributed by atoms with Crippen molar-refractivity contribution >= 4 is 34.4 Å². The third kappa shape index (κ3) is 4.39. The highest BCUT2D eigenvalue weighted by molar-refractivity contribution is 6.08. The number of piperazine rings is 1. The first-order valence-corrected chi connectivity index (χ1v) is 11.7. The molecule has 0 spiro atoms. The summed E-state index contributed by atoms with van der Waals surface area (Å²) in [6, 6.07) is 5.61. The number of hydrogen-bond acceptors (Lipinski definition) is 6. The first kappa shape index (κ1) is 20.3. The van der Waals surface area contributed by atoms with Crippen molar-refractivity contribution in [1.29, 1.82) is 0 Å². The van der Waals surface area contributed by atoms with E-state index >= 15 is 0 Å². The van der Waals surface area contributed by atoms with Crippen LogP contribution in [0.5, 0.6) is 0 Å². The van der Waals surface area contributed by atoms with Crippen LogP contribution in [0.25, 0.3) is 11.0 Å². The second-order valence-corrected chi connectivity index (χ2v) is 9.06. The van der Waals surface area contributed by atoms with Gasteiger partial charge in [0.2, 0.25) is 5.91 Å². The number of anilines is 2.